The Kier molecular flexibility index (Phi) is 5.52. The van der Waals surface area contributed by atoms with E-state index in [4.69, 9.17) is 17.5 Å². The van der Waals surface area contributed by atoms with Gasteiger partial charge in [-0.05, 0) is 12.8 Å². The van der Waals surface area contributed by atoms with Crippen LogP contribution in [0.25, 0.3) is 0 Å². The molecule has 17 heavy (non-hydrogen) atoms. The first-order valence-electron chi connectivity index (χ1n) is 5.53. The summed E-state index contributed by atoms with van der Waals surface area (Å²) < 4.78 is 33.8. The molecule has 0 unspecified atom stereocenters. The van der Waals surface area contributed by atoms with Gasteiger partial charge in [-0.1, -0.05) is 19.3 Å². The molecule has 7 nitrogen and oxygen atoms in total. The van der Waals surface area contributed by atoms with E-state index in [2.05, 4.69) is 14.8 Å². The van der Waals surface area contributed by atoms with Crippen LogP contribution in [0.3, 0.4) is 0 Å². The molecule has 1 aliphatic rings. The molecule has 2 heterocycles. The molecule has 1 aromatic heterocycles. The Hall–Kier alpha value is -0.990. The molecule has 0 atom stereocenters. The number of hydrogen-bond acceptors (Lipinski definition) is 4. The van der Waals surface area contributed by atoms with Gasteiger partial charge >= 0.3 is 10.4 Å². The van der Waals surface area contributed by atoms with Gasteiger partial charge < -0.3 is 4.57 Å². The number of fused-ring (bicyclic) bond motifs is 1. The summed E-state index contributed by atoms with van der Waals surface area (Å²) in [4.78, 5) is 0. The van der Waals surface area contributed by atoms with Gasteiger partial charge in [-0.15, -0.1) is 10.2 Å². The Labute approximate surface area is 100 Å². The Bertz CT molecular complexity index is 399. The summed E-state index contributed by atoms with van der Waals surface area (Å²) in [6, 6.07) is 0. The molecule has 0 aromatic carbocycles. The third kappa shape index (κ3) is 7.03. The van der Waals surface area contributed by atoms with E-state index < -0.39 is 10.4 Å². The fourth-order valence-electron chi connectivity index (χ4n) is 1.75. The van der Waals surface area contributed by atoms with Crippen molar-refractivity contribution in [1.82, 2.24) is 14.8 Å². The standard InChI is InChI=1S/C9H15N3.H2O4S/c1-2-4-6-9-11-10-8-12(9)7-5-3-1;1-5(2,3)4/h8H,1-7H2;(H2,1,2,3,4). The summed E-state index contributed by atoms with van der Waals surface area (Å²) in [6.07, 6.45) is 9.63. The summed E-state index contributed by atoms with van der Waals surface area (Å²) in [5, 5.41) is 8.04. The zero-order valence-electron chi connectivity index (χ0n) is 9.49. The molecule has 0 amide bonds. The summed E-state index contributed by atoms with van der Waals surface area (Å²) in [6.45, 7) is 1.11. The van der Waals surface area contributed by atoms with E-state index in [1.54, 1.807) is 0 Å². The smallest absolute Gasteiger partial charge is 0.318 e. The average Bonchev–Trinajstić information content (AvgIpc) is 2.61. The van der Waals surface area contributed by atoms with E-state index in [0.717, 1.165) is 13.0 Å². The molecular weight excluding hydrogens is 246 g/mol. The van der Waals surface area contributed by atoms with E-state index in [1.165, 1.54) is 37.9 Å². The number of nitrogens with zero attached hydrogens (tertiary/aromatic N) is 3. The van der Waals surface area contributed by atoms with Gasteiger partial charge in [0.2, 0.25) is 0 Å². The van der Waals surface area contributed by atoms with Crippen LogP contribution < -0.4 is 0 Å². The Morgan fingerprint density at radius 2 is 1.71 bits per heavy atom. The van der Waals surface area contributed by atoms with Crippen molar-refractivity contribution in [2.24, 2.45) is 0 Å². The highest BCUT2D eigenvalue weighted by molar-refractivity contribution is 7.79. The van der Waals surface area contributed by atoms with Crippen LogP contribution in [0, 0.1) is 0 Å². The lowest BCUT2D eigenvalue weighted by molar-refractivity contribution is 0.381. The van der Waals surface area contributed by atoms with E-state index in [0.29, 0.717) is 0 Å². The van der Waals surface area contributed by atoms with Crippen molar-refractivity contribution in [3.05, 3.63) is 12.2 Å². The summed E-state index contributed by atoms with van der Waals surface area (Å²) in [5.41, 5.74) is 0. The molecule has 0 aliphatic carbocycles. The van der Waals surface area contributed by atoms with Crippen LogP contribution in [0.1, 0.15) is 37.9 Å². The molecule has 8 heteroatoms. The number of hydrogen-bond donors (Lipinski definition) is 2. The summed E-state index contributed by atoms with van der Waals surface area (Å²) >= 11 is 0. The van der Waals surface area contributed by atoms with Crippen molar-refractivity contribution < 1.29 is 17.5 Å². The second-order valence-corrected chi connectivity index (χ2v) is 4.80. The maximum absolute atomic E-state index is 8.74. The van der Waals surface area contributed by atoms with Crippen molar-refractivity contribution in [1.29, 1.82) is 0 Å². The molecule has 0 radical (unpaired) electrons. The predicted octanol–water partition coefficient (Wildman–Crippen LogP) is 1.13. The summed E-state index contributed by atoms with van der Waals surface area (Å²) in [7, 11) is -4.67. The lowest BCUT2D eigenvalue weighted by Crippen LogP contribution is -2.01. The highest BCUT2D eigenvalue weighted by Crippen LogP contribution is 2.11. The van der Waals surface area contributed by atoms with E-state index >= 15 is 0 Å². The van der Waals surface area contributed by atoms with Crippen LogP contribution in [0.4, 0.5) is 0 Å². The van der Waals surface area contributed by atoms with Crippen LogP contribution >= 0.6 is 0 Å². The first-order chi connectivity index (χ1) is 7.97. The molecule has 0 bridgehead atoms. The molecule has 2 N–H and O–H groups in total. The second kappa shape index (κ2) is 6.67. The quantitative estimate of drug-likeness (QED) is 0.680. The van der Waals surface area contributed by atoms with Crippen LogP contribution in [-0.4, -0.2) is 32.3 Å². The number of aryl methyl sites for hydroxylation is 2. The van der Waals surface area contributed by atoms with E-state index in [-0.39, 0.29) is 0 Å². The minimum atomic E-state index is -4.67. The molecule has 1 aliphatic heterocycles. The molecule has 0 spiro atoms. The third-order valence-corrected chi connectivity index (χ3v) is 2.50. The summed E-state index contributed by atoms with van der Waals surface area (Å²) in [5.74, 6) is 1.18. The average molecular weight is 263 g/mol. The van der Waals surface area contributed by atoms with Crippen molar-refractivity contribution in [2.75, 3.05) is 0 Å². The minimum absolute atomic E-state index is 1.11. The van der Waals surface area contributed by atoms with Crippen LogP contribution in [-0.2, 0) is 23.4 Å². The van der Waals surface area contributed by atoms with Gasteiger partial charge in [-0.3, -0.25) is 9.11 Å². The van der Waals surface area contributed by atoms with Crippen molar-refractivity contribution >= 4 is 10.4 Å². The third-order valence-electron chi connectivity index (χ3n) is 2.50. The van der Waals surface area contributed by atoms with Gasteiger partial charge in [0.1, 0.15) is 12.2 Å². The molecule has 98 valence electrons. The SMILES string of the molecule is O=S(=O)(O)O.c1nnc2n1CCCCCCC2. The largest absolute Gasteiger partial charge is 0.394 e. The number of rotatable bonds is 0. The Morgan fingerprint density at radius 1 is 1.12 bits per heavy atom. The van der Waals surface area contributed by atoms with Crippen molar-refractivity contribution in [3.63, 3.8) is 0 Å². The van der Waals surface area contributed by atoms with Gasteiger partial charge in [0.25, 0.3) is 0 Å². The molecule has 0 fully saturated rings. The van der Waals surface area contributed by atoms with Gasteiger partial charge in [0.15, 0.2) is 0 Å². The maximum Gasteiger partial charge on any atom is 0.394 e. The molecule has 0 saturated carbocycles. The normalized spacial score (nSPS) is 16.8. The second-order valence-electron chi connectivity index (χ2n) is 3.91. The minimum Gasteiger partial charge on any atom is -0.318 e. The fraction of sp³-hybridized carbons (Fsp3) is 0.778. The van der Waals surface area contributed by atoms with Gasteiger partial charge in [-0.25, -0.2) is 0 Å². The highest BCUT2D eigenvalue weighted by atomic mass is 32.3. The Balaban J connectivity index is 0.000000249. The van der Waals surface area contributed by atoms with Crippen LogP contribution in [0.2, 0.25) is 0 Å². The van der Waals surface area contributed by atoms with Crippen LogP contribution in [0.15, 0.2) is 6.33 Å². The lowest BCUT2D eigenvalue weighted by atomic mass is 10.1. The first-order valence-corrected chi connectivity index (χ1v) is 6.93. The molecule has 0 saturated heterocycles. The lowest BCUT2D eigenvalue weighted by Gasteiger charge is -2.01. The van der Waals surface area contributed by atoms with Gasteiger partial charge in [-0.2, -0.15) is 8.42 Å². The fourth-order valence-corrected chi connectivity index (χ4v) is 1.75. The highest BCUT2D eigenvalue weighted by Gasteiger charge is 2.05. The van der Waals surface area contributed by atoms with Gasteiger partial charge in [0.05, 0.1) is 0 Å². The van der Waals surface area contributed by atoms with E-state index in [1.807, 2.05) is 6.33 Å². The first kappa shape index (κ1) is 14.1. The van der Waals surface area contributed by atoms with Gasteiger partial charge in [0, 0.05) is 13.0 Å². The zero-order valence-corrected chi connectivity index (χ0v) is 10.3. The van der Waals surface area contributed by atoms with Crippen molar-refractivity contribution in [3.8, 4) is 0 Å². The number of aromatic nitrogens is 3. The zero-order chi connectivity index (χ0) is 12.7. The topological polar surface area (TPSA) is 105 Å². The van der Waals surface area contributed by atoms with Crippen LogP contribution in [0.5, 0.6) is 0 Å². The van der Waals surface area contributed by atoms with E-state index in [9.17, 15) is 0 Å². The Morgan fingerprint density at radius 3 is 2.41 bits per heavy atom. The molecule has 1 aromatic rings. The predicted molar refractivity (Wildman–Crippen MR) is 61.0 cm³/mol. The molecular formula is C9H17N3O4S. The van der Waals surface area contributed by atoms with Crippen molar-refractivity contribution in [2.45, 2.75) is 45.1 Å². The monoisotopic (exact) mass is 263 g/mol. The molecule has 2 rings (SSSR count). The maximum atomic E-state index is 8.74.